The number of anilines is 1. The Labute approximate surface area is 202 Å². The standard InChI is InChI=1S/C23H30F3N9/c1-5-34-15(2)13-35(16(3)21(34)17(10-27)11-28)20-6-7-31-22(32-20)18(12-29-4)33-9-8-30-19(14-33)23(24,25)26/h6-8,10-12,14-16,21,27H,4-5,9,13,28H2,1-3H3/b17-11+,18-12-,27-10?. The van der Waals surface area contributed by atoms with Gasteiger partial charge in [0.2, 0.25) is 0 Å². The van der Waals surface area contributed by atoms with Crippen LogP contribution < -0.4 is 10.6 Å². The van der Waals surface area contributed by atoms with E-state index in [0.717, 1.165) is 12.7 Å². The Morgan fingerprint density at radius 3 is 2.71 bits per heavy atom. The van der Waals surface area contributed by atoms with Crippen LogP contribution in [0, 0.1) is 5.41 Å². The first-order valence-electron chi connectivity index (χ1n) is 11.2. The zero-order valence-corrected chi connectivity index (χ0v) is 19.9. The molecular weight excluding hydrogens is 459 g/mol. The fraction of sp³-hybridized carbons (Fsp3) is 0.435. The molecule has 0 radical (unpaired) electrons. The molecule has 3 unspecified atom stereocenters. The van der Waals surface area contributed by atoms with E-state index in [4.69, 9.17) is 16.1 Å². The summed E-state index contributed by atoms with van der Waals surface area (Å²) in [6.07, 6.45) is 3.12. The number of hydrogen-bond donors (Lipinski definition) is 2. The van der Waals surface area contributed by atoms with Gasteiger partial charge in [-0.15, -0.1) is 0 Å². The van der Waals surface area contributed by atoms with Crippen molar-refractivity contribution in [2.45, 2.75) is 45.1 Å². The molecule has 1 fully saturated rings. The van der Waals surface area contributed by atoms with E-state index in [1.54, 1.807) is 12.3 Å². The molecule has 0 aromatic carbocycles. The molecule has 2 aliphatic heterocycles. The first-order valence-corrected chi connectivity index (χ1v) is 11.2. The molecule has 1 saturated heterocycles. The molecule has 9 nitrogen and oxygen atoms in total. The van der Waals surface area contributed by atoms with Gasteiger partial charge < -0.3 is 20.9 Å². The third-order valence-corrected chi connectivity index (χ3v) is 6.16. The number of allylic oxidation sites excluding steroid dienone is 1. The van der Waals surface area contributed by atoms with Crippen LogP contribution in [0.1, 0.15) is 26.6 Å². The van der Waals surface area contributed by atoms with Crippen LogP contribution in [0.5, 0.6) is 0 Å². The van der Waals surface area contributed by atoms with Crippen LogP contribution in [0.4, 0.5) is 19.0 Å². The maximum Gasteiger partial charge on any atom is 0.434 e. The maximum absolute atomic E-state index is 13.2. The Balaban J connectivity index is 2.00. The average molecular weight is 490 g/mol. The molecule has 0 amide bonds. The molecule has 1 aromatic heterocycles. The first kappa shape index (κ1) is 26.1. The summed E-state index contributed by atoms with van der Waals surface area (Å²) >= 11 is 0. The summed E-state index contributed by atoms with van der Waals surface area (Å²) in [7, 11) is 0. The van der Waals surface area contributed by atoms with Gasteiger partial charge in [-0.2, -0.15) is 13.2 Å². The summed E-state index contributed by atoms with van der Waals surface area (Å²) in [5, 5.41) is 7.83. The van der Waals surface area contributed by atoms with Crippen molar-refractivity contribution in [3.63, 3.8) is 0 Å². The zero-order chi connectivity index (χ0) is 25.8. The molecule has 12 heteroatoms. The Morgan fingerprint density at radius 2 is 2.11 bits per heavy atom. The molecule has 3 atom stereocenters. The second-order valence-corrected chi connectivity index (χ2v) is 8.24. The van der Waals surface area contributed by atoms with Gasteiger partial charge in [0.25, 0.3) is 0 Å². The lowest BCUT2D eigenvalue weighted by atomic mass is 9.93. The zero-order valence-electron chi connectivity index (χ0n) is 19.9. The van der Waals surface area contributed by atoms with Crippen LogP contribution in [-0.2, 0) is 0 Å². The number of alkyl halides is 3. The fourth-order valence-corrected chi connectivity index (χ4v) is 4.54. The van der Waals surface area contributed by atoms with Crippen LogP contribution in [0.25, 0.3) is 5.70 Å². The van der Waals surface area contributed by atoms with E-state index >= 15 is 0 Å². The molecule has 3 rings (SSSR count). The van der Waals surface area contributed by atoms with Crippen molar-refractivity contribution in [2.24, 2.45) is 15.7 Å². The minimum absolute atomic E-state index is 0.0888. The third kappa shape index (κ3) is 5.42. The van der Waals surface area contributed by atoms with Crippen molar-refractivity contribution in [3.05, 3.63) is 48.0 Å². The molecule has 2 aliphatic rings. The first-order chi connectivity index (χ1) is 16.7. The minimum atomic E-state index is -4.59. The largest absolute Gasteiger partial charge is 0.434 e. The second-order valence-electron chi connectivity index (χ2n) is 8.24. The number of aliphatic imine (C=N–C) groups is 2. The molecule has 0 aliphatic carbocycles. The smallest absolute Gasteiger partial charge is 0.404 e. The maximum atomic E-state index is 13.2. The molecule has 3 N–H and O–H groups in total. The molecule has 188 valence electrons. The Bertz CT molecular complexity index is 1060. The van der Waals surface area contributed by atoms with E-state index in [1.165, 1.54) is 29.7 Å². The van der Waals surface area contributed by atoms with Crippen LogP contribution in [-0.4, -0.2) is 82.9 Å². The number of rotatable bonds is 7. The van der Waals surface area contributed by atoms with Crippen LogP contribution in [0.3, 0.4) is 0 Å². The average Bonchev–Trinajstić information content (AvgIpc) is 2.84. The van der Waals surface area contributed by atoms with Crippen molar-refractivity contribution in [2.75, 3.05) is 24.5 Å². The summed E-state index contributed by atoms with van der Waals surface area (Å²) < 4.78 is 39.7. The van der Waals surface area contributed by atoms with Crippen molar-refractivity contribution in [1.82, 2.24) is 19.8 Å². The lowest BCUT2D eigenvalue weighted by molar-refractivity contribution is -0.0934. The number of nitrogens with two attached hydrogens (primary N) is 1. The van der Waals surface area contributed by atoms with E-state index in [0.29, 0.717) is 17.9 Å². The molecule has 0 spiro atoms. The SMILES string of the molecule is C=N/C=C(/c1nccc(N2CC(C)N(CC)C(/C(C=N)=C/N)C2C)n1)N1C=C(C(F)(F)F)N=CC1. The van der Waals surface area contributed by atoms with Gasteiger partial charge in [-0.05, 0) is 33.2 Å². The highest BCUT2D eigenvalue weighted by atomic mass is 19.4. The highest BCUT2D eigenvalue weighted by molar-refractivity contribution is 5.78. The van der Waals surface area contributed by atoms with E-state index in [2.05, 4.69) is 45.3 Å². The number of piperazine rings is 1. The molecule has 3 heterocycles. The van der Waals surface area contributed by atoms with Crippen molar-refractivity contribution < 1.29 is 13.2 Å². The summed E-state index contributed by atoms with van der Waals surface area (Å²) in [4.78, 5) is 22.0. The number of aromatic nitrogens is 2. The quantitative estimate of drug-likeness (QED) is 0.570. The number of halogens is 3. The van der Waals surface area contributed by atoms with Gasteiger partial charge >= 0.3 is 6.18 Å². The normalized spacial score (nSPS) is 24.4. The van der Waals surface area contributed by atoms with Gasteiger partial charge in [0.15, 0.2) is 11.5 Å². The highest BCUT2D eigenvalue weighted by Gasteiger charge is 2.39. The highest BCUT2D eigenvalue weighted by Crippen LogP contribution is 2.32. The van der Waals surface area contributed by atoms with E-state index in [-0.39, 0.29) is 36.2 Å². The molecule has 0 saturated carbocycles. The van der Waals surface area contributed by atoms with Crippen LogP contribution >= 0.6 is 0 Å². The fourth-order valence-electron chi connectivity index (χ4n) is 4.54. The predicted octanol–water partition coefficient (Wildman–Crippen LogP) is 3.05. The minimum Gasteiger partial charge on any atom is -0.404 e. The third-order valence-electron chi connectivity index (χ3n) is 6.16. The lowest BCUT2D eigenvalue weighted by Gasteiger charge is -2.50. The summed E-state index contributed by atoms with van der Waals surface area (Å²) in [6.45, 7) is 11.2. The van der Waals surface area contributed by atoms with Gasteiger partial charge in [-0.25, -0.2) is 9.97 Å². The number of nitrogens with one attached hydrogen (secondary N) is 1. The van der Waals surface area contributed by atoms with Gasteiger partial charge in [0.05, 0.1) is 18.8 Å². The van der Waals surface area contributed by atoms with Gasteiger partial charge in [0.1, 0.15) is 11.5 Å². The van der Waals surface area contributed by atoms with Crippen molar-refractivity contribution in [1.29, 1.82) is 5.41 Å². The van der Waals surface area contributed by atoms with E-state index in [9.17, 15) is 13.2 Å². The van der Waals surface area contributed by atoms with Gasteiger partial charge in [-0.3, -0.25) is 14.9 Å². The van der Waals surface area contributed by atoms with Crippen LogP contribution in [0.15, 0.2) is 52.1 Å². The second kappa shape index (κ2) is 10.8. The molecular formula is C23H30F3N9. The summed E-state index contributed by atoms with van der Waals surface area (Å²) in [5.74, 6) is 0.816. The molecule has 1 aromatic rings. The molecule has 0 bridgehead atoms. The monoisotopic (exact) mass is 489 g/mol. The van der Waals surface area contributed by atoms with E-state index in [1.807, 2.05) is 6.92 Å². The Kier molecular flexibility index (Phi) is 8.05. The Morgan fingerprint density at radius 1 is 1.37 bits per heavy atom. The van der Waals surface area contributed by atoms with Crippen LogP contribution in [0.2, 0.25) is 0 Å². The number of hydrogen-bond acceptors (Lipinski definition) is 9. The predicted molar refractivity (Wildman–Crippen MR) is 132 cm³/mol. The van der Waals surface area contributed by atoms with Crippen molar-refractivity contribution >= 4 is 30.7 Å². The summed E-state index contributed by atoms with van der Waals surface area (Å²) in [6, 6.07) is 1.67. The van der Waals surface area contributed by atoms with Gasteiger partial charge in [0, 0.05) is 55.2 Å². The lowest BCUT2D eigenvalue weighted by Crippen LogP contribution is -2.63. The number of nitrogens with zero attached hydrogens (tertiary/aromatic N) is 7. The Hall–Kier alpha value is -3.54. The molecule has 35 heavy (non-hydrogen) atoms. The van der Waals surface area contributed by atoms with E-state index < -0.39 is 11.9 Å². The number of likely N-dealkylation sites (N-methyl/N-ethyl adjacent to an activating group) is 1. The van der Waals surface area contributed by atoms with Gasteiger partial charge in [-0.1, -0.05) is 6.92 Å². The summed E-state index contributed by atoms with van der Waals surface area (Å²) in [5.41, 5.74) is 5.77. The van der Waals surface area contributed by atoms with Crippen molar-refractivity contribution in [3.8, 4) is 0 Å². The topological polar surface area (TPSA) is 110 Å².